The van der Waals surface area contributed by atoms with Crippen molar-refractivity contribution in [2.75, 3.05) is 7.11 Å². The molecule has 0 amide bonds. The molecule has 0 radical (unpaired) electrons. The third-order valence-electron chi connectivity index (χ3n) is 3.83. The lowest BCUT2D eigenvalue weighted by molar-refractivity contribution is 0.408. The number of hydrogen-bond donors (Lipinski definition) is 1. The third kappa shape index (κ3) is 4.31. The van der Waals surface area contributed by atoms with Gasteiger partial charge in [0.25, 0.3) is 0 Å². The summed E-state index contributed by atoms with van der Waals surface area (Å²) in [5.41, 5.74) is 6.28. The number of nitrogens with one attached hydrogen (secondary N) is 1. The van der Waals surface area contributed by atoms with Crippen LogP contribution in [-0.2, 0) is 6.54 Å². The van der Waals surface area contributed by atoms with Gasteiger partial charge in [-0.3, -0.25) is 0 Å². The largest absolute Gasteiger partial charge is 0.496 e. The fourth-order valence-corrected chi connectivity index (χ4v) is 2.79. The van der Waals surface area contributed by atoms with Gasteiger partial charge in [-0.05, 0) is 36.8 Å². The molecule has 3 rings (SSSR count). The lowest BCUT2D eigenvalue weighted by Crippen LogP contribution is -2.06. The van der Waals surface area contributed by atoms with Crippen LogP contribution in [0.5, 0.6) is 5.75 Å². The van der Waals surface area contributed by atoms with Crippen molar-refractivity contribution >= 4 is 22.1 Å². The number of benzene rings is 2. The van der Waals surface area contributed by atoms with E-state index in [2.05, 4.69) is 45.5 Å². The number of methoxy groups -OCH3 is 1. The normalized spacial score (nSPS) is 11.0. The second kappa shape index (κ2) is 8.03. The number of para-hydroxylation sites is 1. The van der Waals surface area contributed by atoms with Crippen LogP contribution < -0.4 is 10.2 Å². The second-order valence-electron chi connectivity index (χ2n) is 5.57. The maximum Gasteiger partial charge on any atom is 0.147 e. The van der Waals surface area contributed by atoms with E-state index in [1.165, 1.54) is 5.56 Å². The Labute approximate surface area is 155 Å². The third-order valence-corrected chi connectivity index (χ3v) is 4.68. The molecule has 0 fully saturated rings. The number of hydrogen-bond acceptors (Lipinski definition) is 4. The molecule has 2 aromatic carbocycles. The van der Waals surface area contributed by atoms with Gasteiger partial charge in [0.15, 0.2) is 0 Å². The van der Waals surface area contributed by atoms with Crippen LogP contribution in [0.4, 0.5) is 0 Å². The Morgan fingerprint density at radius 3 is 2.80 bits per heavy atom. The van der Waals surface area contributed by atoms with E-state index in [1.54, 1.807) is 13.3 Å². The van der Waals surface area contributed by atoms with E-state index < -0.39 is 0 Å². The van der Waals surface area contributed by atoms with Crippen molar-refractivity contribution in [2.45, 2.75) is 13.5 Å². The first-order valence-corrected chi connectivity index (χ1v) is 8.71. The van der Waals surface area contributed by atoms with Crippen molar-refractivity contribution in [2.24, 2.45) is 5.10 Å². The summed E-state index contributed by atoms with van der Waals surface area (Å²) in [6, 6.07) is 17.8. The Morgan fingerprint density at radius 1 is 1.16 bits per heavy atom. The zero-order valence-electron chi connectivity index (χ0n) is 14.1. The molecule has 0 aliphatic rings. The van der Waals surface area contributed by atoms with E-state index in [9.17, 15) is 0 Å². The summed E-state index contributed by atoms with van der Waals surface area (Å²) in [6.07, 6.45) is 1.67. The molecule has 0 spiro atoms. The first-order chi connectivity index (χ1) is 12.2. The predicted molar refractivity (Wildman–Crippen MR) is 104 cm³/mol. The molecule has 0 saturated carbocycles. The zero-order chi connectivity index (χ0) is 17.6. The molecule has 0 bridgehead atoms. The van der Waals surface area contributed by atoms with E-state index in [-0.39, 0.29) is 0 Å². The molecule has 5 heteroatoms. The van der Waals surface area contributed by atoms with Crippen molar-refractivity contribution in [1.82, 2.24) is 5.43 Å². The highest BCUT2D eigenvalue weighted by atomic mass is 79.9. The quantitative estimate of drug-likeness (QED) is 0.461. The molecular weight excluding hydrogens is 380 g/mol. The average Bonchev–Trinajstić information content (AvgIpc) is 3.10. The van der Waals surface area contributed by atoms with Crippen LogP contribution in [0.15, 0.2) is 68.6 Å². The molecule has 1 N–H and O–H groups in total. The minimum Gasteiger partial charge on any atom is -0.496 e. The van der Waals surface area contributed by atoms with Gasteiger partial charge in [0.1, 0.15) is 17.3 Å². The number of halogens is 1. The van der Waals surface area contributed by atoms with Crippen LogP contribution in [0, 0.1) is 6.92 Å². The first-order valence-electron chi connectivity index (χ1n) is 7.91. The summed E-state index contributed by atoms with van der Waals surface area (Å²) < 4.78 is 12.2. The van der Waals surface area contributed by atoms with E-state index in [0.29, 0.717) is 12.3 Å². The molecule has 3 aromatic rings. The molecule has 0 saturated heterocycles. The minimum atomic E-state index is 0.582. The lowest BCUT2D eigenvalue weighted by Gasteiger charge is -2.06. The molecule has 0 aliphatic carbocycles. The molecule has 128 valence electrons. The van der Waals surface area contributed by atoms with E-state index in [1.807, 2.05) is 42.5 Å². The van der Waals surface area contributed by atoms with Gasteiger partial charge in [-0.2, -0.15) is 5.10 Å². The average molecular weight is 399 g/mol. The Balaban J connectivity index is 1.63. The molecule has 0 aliphatic heterocycles. The van der Waals surface area contributed by atoms with Crippen molar-refractivity contribution in [3.63, 3.8) is 0 Å². The maximum absolute atomic E-state index is 5.83. The topological polar surface area (TPSA) is 46.8 Å². The van der Waals surface area contributed by atoms with Crippen LogP contribution in [0.1, 0.15) is 16.9 Å². The number of aryl methyl sites for hydroxylation is 1. The van der Waals surface area contributed by atoms with Crippen LogP contribution in [0.2, 0.25) is 0 Å². The lowest BCUT2D eigenvalue weighted by atomic mass is 10.1. The van der Waals surface area contributed by atoms with E-state index in [0.717, 1.165) is 27.1 Å². The highest BCUT2D eigenvalue weighted by Crippen LogP contribution is 2.26. The smallest absolute Gasteiger partial charge is 0.147 e. The molecule has 0 unspecified atom stereocenters. The molecule has 25 heavy (non-hydrogen) atoms. The van der Waals surface area contributed by atoms with Gasteiger partial charge in [-0.1, -0.05) is 46.3 Å². The first kappa shape index (κ1) is 17.3. The minimum absolute atomic E-state index is 0.582. The summed E-state index contributed by atoms with van der Waals surface area (Å²) in [5.74, 6) is 2.35. The predicted octanol–water partition coefficient (Wildman–Crippen LogP) is 5.15. The zero-order valence-corrected chi connectivity index (χ0v) is 15.7. The Bertz CT molecular complexity index is 887. The standard InChI is InChI=1S/C20H19BrN2O2/c1-14-7-8-15(11-18(14)21)20-10-9-17(25-20)13-23-22-12-16-5-3-4-6-19(16)24-2/h3-11,13,22H,12H2,1-2H3/b23-13+. The highest BCUT2D eigenvalue weighted by molar-refractivity contribution is 9.10. The van der Waals surface area contributed by atoms with E-state index in [4.69, 9.17) is 9.15 Å². The van der Waals surface area contributed by atoms with Gasteiger partial charge in [0, 0.05) is 15.6 Å². The maximum atomic E-state index is 5.83. The summed E-state index contributed by atoms with van der Waals surface area (Å²) >= 11 is 3.55. The summed E-state index contributed by atoms with van der Waals surface area (Å²) in [4.78, 5) is 0. The number of furan rings is 1. The molecule has 0 atom stereocenters. The highest BCUT2D eigenvalue weighted by Gasteiger charge is 2.05. The second-order valence-corrected chi connectivity index (χ2v) is 6.43. The van der Waals surface area contributed by atoms with Crippen molar-refractivity contribution < 1.29 is 9.15 Å². The molecule has 1 heterocycles. The number of rotatable bonds is 6. The van der Waals surface area contributed by atoms with Gasteiger partial charge in [-0.15, -0.1) is 0 Å². The Kier molecular flexibility index (Phi) is 5.56. The van der Waals surface area contributed by atoms with Crippen LogP contribution >= 0.6 is 15.9 Å². The number of ether oxygens (including phenoxy) is 1. The molecule has 1 aromatic heterocycles. The van der Waals surface area contributed by atoms with Gasteiger partial charge >= 0.3 is 0 Å². The van der Waals surface area contributed by atoms with Crippen LogP contribution in [-0.4, -0.2) is 13.3 Å². The van der Waals surface area contributed by atoms with Gasteiger partial charge < -0.3 is 14.6 Å². The molecular formula is C20H19BrN2O2. The summed E-state index contributed by atoms with van der Waals surface area (Å²) in [6.45, 7) is 2.64. The fraction of sp³-hybridized carbons (Fsp3) is 0.150. The van der Waals surface area contributed by atoms with Gasteiger partial charge in [0.05, 0.1) is 19.9 Å². The molecule has 4 nitrogen and oxygen atoms in total. The monoisotopic (exact) mass is 398 g/mol. The van der Waals surface area contributed by atoms with E-state index >= 15 is 0 Å². The summed E-state index contributed by atoms with van der Waals surface area (Å²) in [7, 11) is 1.66. The number of nitrogens with zero attached hydrogens (tertiary/aromatic N) is 1. The van der Waals surface area contributed by atoms with Gasteiger partial charge in [-0.25, -0.2) is 0 Å². The summed E-state index contributed by atoms with van der Waals surface area (Å²) in [5, 5.41) is 4.22. The van der Waals surface area contributed by atoms with Crippen molar-refractivity contribution in [1.29, 1.82) is 0 Å². The van der Waals surface area contributed by atoms with Crippen LogP contribution in [0.25, 0.3) is 11.3 Å². The SMILES string of the molecule is COc1ccccc1CN/N=C/c1ccc(-c2ccc(C)c(Br)c2)o1. The Hall–Kier alpha value is -2.53. The Morgan fingerprint density at radius 2 is 2.00 bits per heavy atom. The fourth-order valence-electron chi connectivity index (χ4n) is 2.41. The van der Waals surface area contributed by atoms with Crippen molar-refractivity contribution in [3.05, 3.63) is 76.0 Å². The van der Waals surface area contributed by atoms with Crippen molar-refractivity contribution in [3.8, 4) is 17.1 Å². The van der Waals surface area contributed by atoms with Crippen LogP contribution in [0.3, 0.4) is 0 Å². The van der Waals surface area contributed by atoms with Gasteiger partial charge in [0.2, 0.25) is 0 Å². The number of hydrazone groups is 1.